The molecule has 1 N–H and O–H groups in total. The normalized spacial score (nSPS) is 12.0. The second kappa shape index (κ2) is 8.59. The first kappa shape index (κ1) is 17.4. The summed E-state index contributed by atoms with van der Waals surface area (Å²) in [5, 5.41) is 3.23. The van der Waals surface area contributed by atoms with Crippen molar-refractivity contribution in [2.75, 3.05) is 34.4 Å². The van der Waals surface area contributed by atoms with Crippen LogP contribution in [-0.4, -0.2) is 56.3 Å². The van der Waals surface area contributed by atoms with Gasteiger partial charge >= 0.3 is 0 Å². The van der Waals surface area contributed by atoms with Gasteiger partial charge in [-0.25, -0.2) is 0 Å². The summed E-state index contributed by atoms with van der Waals surface area (Å²) >= 11 is 0. The van der Waals surface area contributed by atoms with E-state index < -0.39 is 6.10 Å². The van der Waals surface area contributed by atoms with Gasteiger partial charge in [-0.2, -0.15) is 0 Å². The zero-order valence-electron chi connectivity index (χ0n) is 13.5. The maximum absolute atomic E-state index is 11.9. The average molecular weight is 295 g/mol. The fourth-order valence-electron chi connectivity index (χ4n) is 1.82. The number of aromatic nitrogens is 1. The fourth-order valence-corrected chi connectivity index (χ4v) is 1.82. The highest BCUT2D eigenvalue weighted by Gasteiger charge is 2.18. The van der Waals surface area contributed by atoms with Gasteiger partial charge in [0.25, 0.3) is 5.91 Å². The number of rotatable bonds is 8. The van der Waals surface area contributed by atoms with E-state index in [-0.39, 0.29) is 5.91 Å². The summed E-state index contributed by atoms with van der Waals surface area (Å²) in [4.78, 5) is 17.9. The predicted octanol–water partition coefficient (Wildman–Crippen LogP) is 0.982. The summed E-state index contributed by atoms with van der Waals surface area (Å²) in [7, 11) is 5.08. The Hall–Kier alpha value is -1.66. The van der Waals surface area contributed by atoms with Gasteiger partial charge in [0.1, 0.15) is 5.75 Å². The largest absolute Gasteiger partial charge is 0.479 e. The van der Waals surface area contributed by atoms with Gasteiger partial charge in [0.05, 0.1) is 12.3 Å². The molecular weight excluding hydrogens is 270 g/mol. The molecule has 21 heavy (non-hydrogen) atoms. The maximum Gasteiger partial charge on any atom is 0.262 e. The van der Waals surface area contributed by atoms with Crippen molar-refractivity contribution in [1.82, 2.24) is 15.2 Å². The van der Waals surface area contributed by atoms with Gasteiger partial charge in [0.2, 0.25) is 0 Å². The molecule has 0 saturated carbocycles. The van der Waals surface area contributed by atoms with Gasteiger partial charge in [0, 0.05) is 40.0 Å². The molecule has 6 heteroatoms. The Morgan fingerprint density at radius 3 is 2.76 bits per heavy atom. The molecule has 0 bridgehead atoms. The van der Waals surface area contributed by atoms with E-state index in [4.69, 9.17) is 9.47 Å². The van der Waals surface area contributed by atoms with Crippen LogP contribution in [0.3, 0.4) is 0 Å². The Morgan fingerprint density at radius 1 is 1.43 bits per heavy atom. The first-order valence-corrected chi connectivity index (χ1v) is 6.99. The second-order valence-corrected chi connectivity index (χ2v) is 5.06. The third-order valence-corrected chi connectivity index (χ3v) is 2.94. The van der Waals surface area contributed by atoms with Crippen LogP contribution in [-0.2, 0) is 16.1 Å². The molecule has 1 atom stereocenters. The van der Waals surface area contributed by atoms with Crippen LogP contribution in [0.2, 0.25) is 0 Å². The molecule has 0 saturated heterocycles. The number of aryl methyl sites for hydroxylation is 1. The Kier molecular flexibility index (Phi) is 7.11. The SMILES string of the molecule is COCCNCc1nc(C)ccc1OC(C)C(=O)N(C)C. The molecular formula is C15H25N3O3. The van der Waals surface area contributed by atoms with Gasteiger partial charge in [-0.1, -0.05) is 0 Å². The van der Waals surface area contributed by atoms with Crippen LogP contribution in [0.15, 0.2) is 12.1 Å². The number of ether oxygens (including phenoxy) is 2. The third-order valence-electron chi connectivity index (χ3n) is 2.94. The average Bonchev–Trinajstić information content (AvgIpc) is 2.45. The zero-order chi connectivity index (χ0) is 15.8. The molecule has 118 valence electrons. The molecule has 1 rings (SSSR count). The van der Waals surface area contributed by atoms with Gasteiger partial charge in [-0.15, -0.1) is 0 Å². The van der Waals surface area contributed by atoms with Crippen LogP contribution in [0.4, 0.5) is 0 Å². The van der Waals surface area contributed by atoms with Crippen molar-refractivity contribution in [1.29, 1.82) is 0 Å². The van der Waals surface area contributed by atoms with Crippen molar-refractivity contribution < 1.29 is 14.3 Å². The van der Waals surface area contributed by atoms with Gasteiger partial charge in [-0.3, -0.25) is 9.78 Å². The lowest BCUT2D eigenvalue weighted by molar-refractivity contribution is -0.135. The number of methoxy groups -OCH3 is 1. The standard InChI is InChI=1S/C15H25N3O3/c1-11-6-7-14(21-12(2)15(19)18(3)4)13(17-11)10-16-8-9-20-5/h6-7,12,16H,8-10H2,1-5H3. The Balaban J connectivity index is 2.74. The number of amides is 1. The van der Waals surface area contributed by atoms with Crippen LogP contribution < -0.4 is 10.1 Å². The van der Waals surface area contributed by atoms with E-state index in [1.807, 2.05) is 19.1 Å². The summed E-state index contributed by atoms with van der Waals surface area (Å²) in [5.74, 6) is 0.557. The molecule has 0 aliphatic rings. The fraction of sp³-hybridized carbons (Fsp3) is 0.600. The van der Waals surface area contributed by atoms with Crippen molar-refractivity contribution in [3.63, 3.8) is 0 Å². The van der Waals surface area contributed by atoms with Crippen LogP contribution in [0, 0.1) is 6.92 Å². The molecule has 1 aromatic rings. The zero-order valence-corrected chi connectivity index (χ0v) is 13.5. The lowest BCUT2D eigenvalue weighted by atomic mass is 10.2. The van der Waals surface area contributed by atoms with E-state index in [9.17, 15) is 4.79 Å². The first-order chi connectivity index (χ1) is 9.95. The summed E-state index contributed by atoms with van der Waals surface area (Å²) in [6.07, 6.45) is -0.540. The highest BCUT2D eigenvalue weighted by Crippen LogP contribution is 2.18. The second-order valence-electron chi connectivity index (χ2n) is 5.06. The number of nitrogens with one attached hydrogen (secondary N) is 1. The van der Waals surface area contributed by atoms with Crippen molar-refractivity contribution in [2.24, 2.45) is 0 Å². The van der Waals surface area contributed by atoms with E-state index in [1.54, 1.807) is 28.1 Å². The Morgan fingerprint density at radius 2 is 2.14 bits per heavy atom. The van der Waals surface area contributed by atoms with Crippen molar-refractivity contribution in [2.45, 2.75) is 26.5 Å². The minimum absolute atomic E-state index is 0.0751. The Labute approximate surface area is 126 Å². The molecule has 0 aromatic carbocycles. The third kappa shape index (κ3) is 5.69. The molecule has 0 fully saturated rings. The number of carbonyl (C=O) groups excluding carboxylic acids is 1. The number of hydrogen-bond acceptors (Lipinski definition) is 5. The smallest absolute Gasteiger partial charge is 0.262 e. The van der Waals surface area contributed by atoms with Crippen molar-refractivity contribution >= 4 is 5.91 Å². The lowest BCUT2D eigenvalue weighted by Gasteiger charge is -2.20. The van der Waals surface area contributed by atoms with E-state index in [0.717, 1.165) is 17.9 Å². The minimum Gasteiger partial charge on any atom is -0.479 e. The maximum atomic E-state index is 11.9. The monoisotopic (exact) mass is 295 g/mol. The van der Waals surface area contributed by atoms with Crippen molar-refractivity contribution in [3.8, 4) is 5.75 Å². The summed E-state index contributed by atoms with van der Waals surface area (Å²) < 4.78 is 10.7. The van der Waals surface area contributed by atoms with Gasteiger partial charge < -0.3 is 19.7 Å². The van der Waals surface area contributed by atoms with Crippen LogP contribution in [0.25, 0.3) is 0 Å². The predicted molar refractivity (Wildman–Crippen MR) is 81.3 cm³/mol. The molecule has 0 aliphatic carbocycles. The number of nitrogens with zero attached hydrogens (tertiary/aromatic N) is 2. The highest BCUT2D eigenvalue weighted by molar-refractivity contribution is 5.80. The van der Waals surface area contributed by atoms with E-state index >= 15 is 0 Å². The molecule has 0 spiro atoms. The van der Waals surface area contributed by atoms with Crippen LogP contribution >= 0.6 is 0 Å². The topological polar surface area (TPSA) is 63.7 Å². The number of likely N-dealkylation sites (N-methyl/N-ethyl adjacent to an activating group) is 1. The molecule has 6 nitrogen and oxygen atoms in total. The quantitative estimate of drug-likeness (QED) is 0.724. The number of pyridine rings is 1. The van der Waals surface area contributed by atoms with Crippen LogP contribution in [0.1, 0.15) is 18.3 Å². The molecule has 1 amide bonds. The number of hydrogen-bond donors (Lipinski definition) is 1. The summed E-state index contributed by atoms with van der Waals surface area (Å²) in [5.41, 5.74) is 1.71. The van der Waals surface area contributed by atoms with Gasteiger partial charge in [-0.05, 0) is 26.0 Å². The van der Waals surface area contributed by atoms with E-state index in [0.29, 0.717) is 18.9 Å². The summed E-state index contributed by atoms with van der Waals surface area (Å²) in [6.45, 7) is 5.61. The van der Waals surface area contributed by atoms with E-state index in [2.05, 4.69) is 10.3 Å². The minimum atomic E-state index is -0.540. The highest BCUT2D eigenvalue weighted by atomic mass is 16.5. The number of carbonyl (C=O) groups is 1. The molecule has 1 heterocycles. The van der Waals surface area contributed by atoms with E-state index in [1.165, 1.54) is 4.90 Å². The van der Waals surface area contributed by atoms with Crippen LogP contribution in [0.5, 0.6) is 5.75 Å². The molecule has 0 radical (unpaired) electrons. The Bertz CT molecular complexity index is 463. The van der Waals surface area contributed by atoms with Gasteiger partial charge in [0.15, 0.2) is 6.10 Å². The molecule has 1 unspecified atom stereocenters. The first-order valence-electron chi connectivity index (χ1n) is 6.99. The molecule has 0 aliphatic heterocycles. The molecule has 1 aromatic heterocycles. The van der Waals surface area contributed by atoms with Crippen molar-refractivity contribution in [3.05, 3.63) is 23.5 Å². The lowest BCUT2D eigenvalue weighted by Crippen LogP contribution is -2.35. The summed E-state index contributed by atoms with van der Waals surface area (Å²) in [6, 6.07) is 3.73.